The molecule has 0 atom stereocenters. The highest BCUT2D eigenvalue weighted by Gasteiger charge is 2.15. The van der Waals surface area contributed by atoms with Gasteiger partial charge in [0.2, 0.25) is 0 Å². The molecule has 0 aliphatic heterocycles. The number of aryl methyl sites for hydroxylation is 1. The van der Waals surface area contributed by atoms with Crippen LogP contribution in [0.25, 0.3) is 11.1 Å². The van der Waals surface area contributed by atoms with E-state index < -0.39 is 30.1 Å². The van der Waals surface area contributed by atoms with Gasteiger partial charge in [0.05, 0.1) is 5.56 Å². The Morgan fingerprint density at radius 1 is 0.929 bits per heavy atom. The summed E-state index contributed by atoms with van der Waals surface area (Å²) in [6, 6.07) is 17.6. The molecular weight excluding hydrogens is 364 g/mol. The monoisotopic (exact) mass is 381 g/mol. The van der Waals surface area contributed by atoms with Crippen LogP contribution in [0.3, 0.4) is 0 Å². The van der Waals surface area contributed by atoms with Gasteiger partial charge >= 0.3 is 5.97 Å². The second kappa shape index (κ2) is 8.43. The van der Waals surface area contributed by atoms with Crippen molar-refractivity contribution in [1.29, 1.82) is 0 Å². The van der Waals surface area contributed by atoms with E-state index >= 15 is 0 Å². The first-order valence-electron chi connectivity index (χ1n) is 8.52. The van der Waals surface area contributed by atoms with E-state index in [2.05, 4.69) is 5.32 Å². The van der Waals surface area contributed by atoms with Crippen LogP contribution in [0.5, 0.6) is 0 Å². The van der Waals surface area contributed by atoms with Gasteiger partial charge in [-0.3, -0.25) is 4.79 Å². The Balaban J connectivity index is 1.67. The molecule has 0 saturated heterocycles. The number of hydrogen-bond donors (Lipinski definition) is 1. The first-order chi connectivity index (χ1) is 13.4. The summed E-state index contributed by atoms with van der Waals surface area (Å²) in [6.45, 7) is 1.41. The quantitative estimate of drug-likeness (QED) is 0.650. The fourth-order valence-electron chi connectivity index (χ4n) is 2.63. The Labute approximate surface area is 160 Å². The number of benzene rings is 3. The first-order valence-corrected chi connectivity index (χ1v) is 8.52. The molecule has 0 spiro atoms. The zero-order valence-electron chi connectivity index (χ0n) is 15.0. The summed E-state index contributed by atoms with van der Waals surface area (Å²) >= 11 is 0. The lowest BCUT2D eigenvalue weighted by Gasteiger charge is -2.10. The minimum atomic E-state index is -1.08. The molecule has 1 amide bonds. The average Bonchev–Trinajstić information content (AvgIpc) is 2.69. The van der Waals surface area contributed by atoms with Crippen LogP contribution in [0.4, 0.5) is 14.5 Å². The Morgan fingerprint density at radius 2 is 1.64 bits per heavy atom. The number of ether oxygens (including phenoxy) is 1. The molecule has 0 aromatic heterocycles. The van der Waals surface area contributed by atoms with E-state index in [1.165, 1.54) is 6.07 Å². The van der Waals surface area contributed by atoms with Crippen molar-refractivity contribution in [3.8, 4) is 11.1 Å². The molecular formula is C22H17F2NO3. The van der Waals surface area contributed by atoms with Crippen molar-refractivity contribution in [2.75, 3.05) is 11.9 Å². The number of rotatable bonds is 5. The van der Waals surface area contributed by atoms with Gasteiger partial charge in [0.1, 0.15) is 0 Å². The van der Waals surface area contributed by atoms with E-state index in [-0.39, 0.29) is 5.69 Å². The summed E-state index contributed by atoms with van der Waals surface area (Å²) in [5, 5.41) is 2.35. The van der Waals surface area contributed by atoms with E-state index in [9.17, 15) is 18.4 Å². The van der Waals surface area contributed by atoms with Crippen LogP contribution in [0, 0.1) is 18.6 Å². The lowest BCUT2D eigenvalue weighted by atomic mass is 9.99. The van der Waals surface area contributed by atoms with Gasteiger partial charge in [-0.2, -0.15) is 0 Å². The topological polar surface area (TPSA) is 55.4 Å². The number of nitrogens with one attached hydrogen (secondary N) is 1. The highest BCUT2D eigenvalue weighted by Crippen LogP contribution is 2.24. The normalized spacial score (nSPS) is 10.4. The van der Waals surface area contributed by atoms with Crippen molar-refractivity contribution in [2.24, 2.45) is 0 Å². The molecule has 0 bridgehead atoms. The number of esters is 1. The third kappa shape index (κ3) is 4.59. The van der Waals surface area contributed by atoms with Crippen molar-refractivity contribution >= 4 is 17.6 Å². The standard InChI is InChI=1S/C22H17F2NO3/c1-14-6-8-15(9-7-14)17-4-2-3-5-18(17)22(27)28-13-21(26)25-16-10-11-19(23)20(24)12-16/h2-12H,13H2,1H3,(H,25,26). The van der Waals surface area contributed by atoms with Crippen LogP contribution in [0.15, 0.2) is 66.7 Å². The second-order valence-electron chi connectivity index (χ2n) is 6.16. The van der Waals surface area contributed by atoms with Gasteiger partial charge in [-0.15, -0.1) is 0 Å². The molecule has 28 heavy (non-hydrogen) atoms. The van der Waals surface area contributed by atoms with Crippen molar-refractivity contribution in [1.82, 2.24) is 0 Å². The Bertz CT molecular complexity index is 1020. The van der Waals surface area contributed by atoms with E-state index in [1.54, 1.807) is 18.2 Å². The van der Waals surface area contributed by atoms with E-state index in [0.717, 1.165) is 23.3 Å². The molecule has 0 heterocycles. The fraction of sp³-hybridized carbons (Fsp3) is 0.0909. The van der Waals surface area contributed by atoms with E-state index in [0.29, 0.717) is 11.1 Å². The molecule has 4 nitrogen and oxygen atoms in total. The number of carbonyl (C=O) groups is 2. The molecule has 3 aromatic rings. The summed E-state index contributed by atoms with van der Waals surface area (Å²) in [6.07, 6.45) is 0. The highest BCUT2D eigenvalue weighted by molar-refractivity contribution is 5.99. The lowest BCUT2D eigenvalue weighted by Crippen LogP contribution is -2.21. The summed E-state index contributed by atoms with van der Waals surface area (Å²) in [5.41, 5.74) is 3.03. The van der Waals surface area contributed by atoms with Crippen molar-refractivity contribution in [3.05, 3.63) is 89.5 Å². The SMILES string of the molecule is Cc1ccc(-c2ccccc2C(=O)OCC(=O)Nc2ccc(F)c(F)c2)cc1. The molecule has 6 heteroatoms. The fourth-order valence-corrected chi connectivity index (χ4v) is 2.63. The third-order valence-corrected chi connectivity index (χ3v) is 4.05. The van der Waals surface area contributed by atoms with Crippen LogP contribution in [0.2, 0.25) is 0 Å². The molecule has 0 unspecified atom stereocenters. The smallest absolute Gasteiger partial charge is 0.339 e. The van der Waals surface area contributed by atoms with Crippen LogP contribution < -0.4 is 5.32 Å². The summed E-state index contributed by atoms with van der Waals surface area (Å²) in [4.78, 5) is 24.4. The zero-order chi connectivity index (χ0) is 20.1. The van der Waals surface area contributed by atoms with Crippen LogP contribution in [-0.2, 0) is 9.53 Å². The van der Waals surface area contributed by atoms with Gasteiger partial charge in [0, 0.05) is 11.8 Å². The average molecular weight is 381 g/mol. The number of anilines is 1. The maximum atomic E-state index is 13.2. The van der Waals surface area contributed by atoms with Crippen LogP contribution >= 0.6 is 0 Å². The van der Waals surface area contributed by atoms with Gasteiger partial charge in [0.15, 0.2) is 18.2 Å². The second-order valence-corrected chi connectivity index (χ2v) is 6.16. The minimum absolute atomic E-state index is 0.0694. The number of amides is 1. The first kappa shape index (κ1) is 19.2. The maximum absolute atomic E-state index is 13.2. The number of hydrogen-bond acceptors (Lipinski definition) is 3. The van der Waals surface area contributed by atoms with Gasteiger partial charge < -0.3 is 10.1 Å². The molecule has 0 fully saturated rings. The Morgan fingerprint density at radius 3 is 2.36 bits per heavy atom. The molecule has 0 radical (unpaired) electrons. The Kier molecular flexibility index (Phi) is 5.79. The van der Waals surface area contributed by atoms with Crippen molar-refractivity contribution in [3.63, 3.8) is 0 Å². The largest absolute Gasteiger partial charge is 0.452 e. The number of carbonyl (C=O) groups excluding carboxylic acids is 2. The van der Waals surface area contributed by atoms with Crippen LogP contribution in [-0.4, -0.2) is 18.5 Å². The maximum Gasteiger partial charge on any atom is 0.339 e. The van der Waals surface area contributed by atoms with Crippen molar-refractivity contribution < 1.29 is 23.1 Å². The highest BCUT2D eigenvalue weighted by atomic mass is 19.2. The van der Waals surface area contributed by atoms with Gasteiger partial charge in [-0.05, 0) is 36.2 Å². The molecule has 0 aliphatic carbocycles. The molecule has 3 aromatic carbocycles. The number of halogens is 2. The Hall–Kier alpha value is -3.54. The zero-order valence-corrected chi connectivity index (χ0v) is 15.0. The summed E-state index contributed by atoms with van der Waals surface area (Å²) in [7, 11) is 0. The predicted molar refractivity (Wildman–Crippen MR) is 102 cm³/mol. The van der Waals surface area contributed by atoms with Gasteiger partial charge in [-0.1, -0.05) is 48.0 Å². The van der Waals surface area contributed by atoms with Crippen LogP contribution in [0.1, 0.15) is 15.9 Å². The molecule has 3 rings (SSSR count). The molecule has 142 valence electrons. The third-order valence-electron chi connectivity index (χ3n) is 4.05. The summed E-state index contributed by atoms with van der Waals surface area (Å²) in [5.74, 6) is -3.41. The molecule has 0 aliphatic rings. The predicted octanol–water partition coefficient (Wildman–Crippen LogP) is 4.74. The molecule has 0 saturated carbocycles. The van der Waals surface area contributed by atoms with Crippen molar-refractivity contribution in [2.45, 2.75) is 6.92 Å². The van der Waals surface area contributed by atoms with Gasteiger partial charge in [0.25, 0.3) is 5.91 Å². The van der Waals surface area contributed by atoms with E-state index in [1.807, 2.05) is 37.3 Å². The molecule has 1 N–H and O–H groups in total. The van der Waals surface area contributed by atoms with Gasteiger partial charge in [-0.25, -0.2) is 13.6 Å². The minimum Gasteiger partial charge on any atom is -0.452 e. The summed E-state index contributed by atoms with van der Waals surface area (Å²) < 4.78 is 31.2. The van der Waals surface area contributed by atoms with E-state index in [4.69, 9.17) is 4.74 Å². The lowest BCUT2D eigenvalue weighted by molar-refractivity contribution is -0.119.